The number of ether oxygens (including phenoxy) is 1. The van der Waals surface area contributed by atoms with Gasteiger partial charge in [0.25, 0.3) is 0 Å². The molecule has 0 aromatic heterocycles. The van der Waals surface area contributed by atoms with Gasteiger partial charge in [-0.3, -0.25) is 0 Å². The minimum atomic E-state index is 0.197. The number of benzene rings is 1. The van der Waals surface area contributed by atoms with Crippen LogP contribution in [0.15, 0.2) is 24.3 Å². The van der Waals surface area contributed by atoms with Crippen molar-refractivity contribution >= 4 is 0 Å². The molecular formula is C15H23NO. The first-order valence-corrected chi connectivity index (χ1v) is 6.53. The zero-order valence-corrected chi connectivity index (χ0v) is 11.1. The Morgan fingerprint density at radius 2 is 2.06 bits per heavy atom. The van der Waals surface area contributed by atoms with Crippen LogP contribution in [0.3, 0.4) is 0 Å². The van der Waals surface area contributed by atoms with Gasteiger partial charge in [-0.25, -0.2) is 0 Å². The van der Waals surface area contributed by atoms with Crippen molar-refractivity contribution < 1.29 is 4.74 Å². The third-order valence-corrected chi connectivity index (χ3v) is 2.79. The summed E-state index contributed by atoms with van der Waals surface area (Å²) in [6, 6.07) is 8.48. The van der Waals surface area contributed by atoms with E-state index in [0.717, 1.165) is 18.7 Å². The first-order chi connectivity index (χ1) is 8.03. The maximum Gasteiger partial charge on any atom is 0.119 e. The molecule has 0 spiro atoms. The molecule has 1 aromatic rings. The fraction of sp³-hybridized carbons (Fsp3) is 0.600. The summed E-state index contributed by atoms with van der Waals surface area (Å²) in [7, 11) is 0. The Bertz CT molecular complexity index is 363. The lowest BCUT2D eigenvalue weighted by Crippen LogP contribution is -2.37. The molecule has 1 aromatic carbocycles. The van der Waals surface area contributed by atoms with Crippen LogP contribution in [0.4, 0.5) is 0 Å². The van der Waals surface area contributed by atoms with Crippen LogP contribution in [0, 0.1) is 0 Å². The van der Waals surface area contributed by atoms with Gasteiger partial charge in [-0.15, -0.1) is 0 Å². The van der Waals surface area contributed by atoms with Gasteiger partial charge in [0, 0.05) is 5.54 Å². The van der Waals surface area contributed by atoms with E-state index in [9.17, 15) is 0 Å². The topological polar surface area (TPSA) is 21.3 Å². The Balaban J connectivity index is 1.83. The van der Waals surface area contributed by atoms with Gasteiger partial charge in [0.1, 0.15) is 5.75 Å². The Labute approximate surface area is 104 Å². The van der Waals surface area contributed by atoms with E-state index in [0.29, 0.717) is 6.10 Å². The molecule has 1 aliphatic carbocycles. The van der Waals surface area contributed by atoms with Crippen molar-refractivity contribution in [3.63, 3.8) is 0 Å². The van der Waals surface area contributed by atoms with Crippen LogP contribution in [0.5, 0.6) is 5.75 Å². The molecule has 1 N–H and O–H groups in total. The Morgan fingerprint density at radius 3 is 2.71 bits per heavy atom. The van der Waals surface area contributed by atoms with Crippen LogP contribution < -0.4 is 10.1 Å². The van der Waals surface area contributed by atoms with E-state index in [1.54, 1.807) is 0 Å². The maximum atomic E-state index is 5.79. The molecule has 94 valence electrons. The number of hydrogen-bond donors (Lipinski definition) is 1. The lowest BCUT2D eigenvalue weighted by atomic mass is 10.1. The maximum absolute atomic E-state index is 5.79. The van der Waals surface area contributed by atoms with E-state index in [-0.39, 0.29) is 5.54 Å². The number of hydrogen-bond acceptors (Lipinski definition) is 2. The van der Waals surface area contributed by atoms with Crippen LogP contribution in [0.25, 0.3) is 0 Å². The van der Waals surface area contributed by atoms with Crippen LogP contribution in [-0.4, -0.2) is 18.2 Å². The fourth-order valence-corrected chi connectivity index (χ4v) is 1.73. The molecule has 0 heterocycles. The van der Waals surface area contributed by atoms with Crippen molar-refractivity contribution in [1.82, 2.24) is 5.32 Å². The van der Waals surface area contributed by atoms with Crippen molar-refractivity contribution in [3.05, 3.63) is 29.8 Å². The standard InChI is InChI=1S/C15H23NO/c1-15(2,3)16-10-9-12-5-4-6-14(11-12)17-13-7-8-13/h4-6,11,13,16H,7-10H2,1-3H3. The van der Waals surface area contributed by atoms with Crippen molar-refractivity contribution in [2.45, 2.75) is 51.7 Å². The third kappa shape index (κ3) is 4.78. The Morgan fingerprint density at radius 1 is 1.29 bits per heavy atom. The second-order valence-corrected chi connectivity index (χ2v) is 5.89. The van der Waals surface area contributed by atoms with Crippen molar-refractivity contribution in [1.29, 1.82) is 0 Å². The van der Waals surface area contributed by atoms with Gasteiger partial charge in [-0.05, 0) is 64.3 Å². The second kappa shape index (κ2) is 5.09. The Kier molecular flexibility index (Phi) is 3.72. The summed E-state index contributed by atoms with van der Waals surface area (Å²) in [5.41, 5.74) is 1.54. The van der Waals surface area contributed by atoms with Crippen LogP contribution in [0.1, 0.15) is 39.2 Å². The summed E-state index contributed by atoms with van der Waals surface area (Å²) < 4.78 is 5.79. The average molecular weight is 233 g/mol. The summed E-state index contributed by atoms with van der Waals surface area (Å²) in [5.74, 6) is 1.03. The van der Waals surface area contributed by atoms with Crippen molar-refractivity contribution in [2.75, 3.05) is 6.54 Å². The van der Waals surface area contributed by atoms with Gasteiger partial charge in [0.05, 0.1) is 6.10 Å². The predicted molar refractivity (Wildman–Crippen MR) is 71.6 cm³/mol. The van der Waals surface area contributed by atoms with E-state index in [1.807, 2.05) is 0 Å². The van der Waals surface area contributed by atoms with Gasteiger partial charge in [-0.2, -0.15) is 0 Å². The smallest absolute Gasteiger partial charge is 0.119 e. The molecule has 0 unspecified atom stereocenters. The SMILES string of the molecule is CC(C)(C)NCCc1cccc(OC2CC2)c1. The molecule has 2 rings (SSSR count). The Hall–Kier alpha value is -1.02. The van der Waals surface area contributed by atoms with Gasteiger partial charge < -0.3 is 10.1 Å². The van der Waals surface area contributed by atoms with E-state index >= 15 is 0 Å². The molecular weight excluding hydrogens is 210 g/mol. The molecule has 1 aliphatic rings. The highest BCUT2D eigenvalue weighted by atomic mass is 16.5. The van der Waals surface area contributed by atoms with Crippen LogP contribution in [0.2, 0.25) is 0 Å². The molecule has 2 nitrogen and oxygen atoms in total. The molecule has 0 saturated heterocycles. The lowest BCUT2D eigenvalue weighted by Gasteiger charge is -2.20. The van der Waals surface area contributed by atoms with Crippen LogP contribution in [-0.2, 0) is 6.42 Å². The first kappa shape index (κ1) is 12.4. The van der Waals surface area contributed by atoms with Gasteiger partial charge >= 0.3 is 0 Å². The normalized spacial score (nSPS) is 15.9. The highest BCUT2D eigenvalue weighted by molar-refractivity contribution is 5.29. The van der Waals surface area contributed by atoms with Gasteiger partial charge in [-0.1, -0.05) is 12.1 Å². The first-order valence-electron chi connectivity index (χ1n) is 6.53. The summed E-state index contributed by atoms with van der Waals surface area (Å²) >= 11 is 0. The molecule has 0 aliphatic heterocycles. The van der Waals surface area contributed by atoms with Gasteiger partial charge in [0.2, 0.25) is 0 Å². The highest BCUT2D eigenvalue weighted by Crippen LogP contribution is 2.27. The van der Waals surface area contributed by atoms with Gasteiger partial charge in [0.15, 0.2) is 0 Å². The van der Waals surface area contributed by atoms with Crippen LogP contribution >= 0.6 is 0 Å². The molecule has 2 heteroatoms. The second-order valence-electron chi connectivity index (χ2n) is 5.89. The van der Waals surface area contributed by atoms with Crippen molar-refractivity contribution in [2.24, 2.45) is 0 Å². The summed E-state index contributed by atoms with van der Waals surface area (Å²) in [5, 5.41) is 3.50. The minimum Gasteiger partial charge on any atom is -0.490 e. The zero-order valence-electron chi connectivity index (χ0n) is 11.1. The summed E-state index contributed by atoms with van der Waals surface area (Å²) in [6.07, 6.45) is 3.98. The molecule has 0 radical (unpaired) electrons. The van der Waals surface area contributed by atoms with E-state index in [2.05, 4.69) is 50.4 Å². The molecule has 17 heavy (non-hydrogen) atoms. The summed E-state index contributed by atoms with van der Waals surface area (Å²) in [4.78, 5) is 0. The largest absolute Gasteiger partial charge is 0.490 e. The molecule has 1 saturated carbocycles. The number of nitrogens with one attached hydrogen (secondary N) is 1. The monoisotopic (exact) mass is 233 g/mol. The molecule has 0 atom stereocenters. The lowest BCUT2D eigenvalue weighted by molar-refractivity contribution is 0.303. The molecule has 0 bridgehead atoms. The highest BCUT2D eigenvalue weighted by Gasteiger charge is 2.23. The molecule has 1 fully saturated rings. The van der Waals surface area contributed by atoms with Crippen molar-refractivity contribution in [3.8, 4) is 5.75 Å². The zero-order chi connectivity index (χ0) is 12.3. The van der Waals surface area contributed by atoms with E-state index < -0.39 is 0 Å². The average Bonchev–Trinajstić information content (AvgIpc) is 3.00. The third-order valence-electron chi connectivity index (χ3n) is 2.79. The van der Waals surface area contributed by atoms with E-state index in [1.165, 1.54) is 18.4 Å². The summed E-state index contributed by atoms with van der Waals surface area (Å²) in [6.45, 7) is 7.59. The fourth-order valence-electron chi connectivity index (χ4n) is 1.73. The van der Waals surface area contributed by atoms with E-state index in [4.69, 9.17) is 4.74 Å². The number of rotatable bonds is 5. The minimum absolute atomic E-state index is 0.197. The molecule has 0 amide bonds. The quantitative estimate of drug-likeness (QED) is 0.843. The predicted octanol–water partition coefficient (Wildman–Crippen LogP) is 3.16.